The zero-order chi connectivity index (χ0) is 13.7. The van der Waals surface area contributed by atoms with Gasteiger partial charge in [-0.1, -0.05) is 12.1 Å². The van der Waals surface area contributed by atoms with Crippen molar-refractivity contribution in [2.24, 2.45) is 0 Å². The predicted octanol–water partition coefficient (Wildman–Crippen LogP) is 1.23. The van der Waals surface area contributed by atoms with Crippen molar-refractivity contribution < 1.29 is 14.1 Å². The molecule has 1 atom stereocenters. The topological polar surface area (TPSA) is 58.6 Å². The Labute approximate surface area is 116 Å². The molecule has 0 saturated carbocycles. The highest BCUT2D eigenvalue weighted by Gasteiger charge is 2.18. The smallest absolute Gasteiger partial charge is 0.119 e. The summed E-state index contributed by atoms with van der Waals surface area (Å²) in [7, 11) is 0.982. The molecule has 1 aliphatic heterocycles. The molecule has 0 aliphatic carbocycles. The molecule has 5 heteroatoms. The summed E-state index contributed by atoms with van der Waals surface area (Å²) in [5.74, 6) is 2.30. The molecular weight excluding hydrogens is 262 g/mol. The normalized spacial score (nSPS) is 24.9. The van der Waals surface area contributed by atoms with Crippen molar-refractivity contribution >= 4 is 10.8 Å². The number of benzene rings is 1. The Morgan fingerprint density at radius 2 is 2.21 bits per heavy atom. The molecule has 1 saturated heterocycles. The molecule has 19 heavy (non-hydrogen) atoms. The summed E-state index contributed by atoms with van der Waals surface area (Å²) < 4.78 is 16.4. The van der Waals surface area contributed by atoms with Crippen molar-refractivity contribution in [3.05, 3.63) is 29.8 Å². The lowest BCUT2D eigenvalue weighted by atomic mass is 10.1. The minimum atomic E-state index is -0.635. The van der Waals surface area contributed by atoms with E-state index >= 15 is 0 Å². The second-order valence-electron chi connectivity index (χ2n) is 4.82. The molecule has 106 valence electrons. The van der Waals surface area contributed by atoms with Crippen LogP contribution in [0.5, 0.6) is 5.75 Å². The first-order chi connectivity index (χ1) is 9.19. The number of aliphatic hydroxyl groups is 1. The number of hydrogen-bond donors (Lipinski definition) is 2. The monoisotopic (exact) mass is 283 g/mol. The highest BCUT2D eigenvalue weighted by molar-refractivity contribution is 7.85. The van der Waals surface area contributed by atoms with Crippen LogP contribution in [0.4, 0.5) is 0 Å². The molecule has 1 aromatic rings. The number of methoxy groups -OCH3 is 1. The third-order valence-electron chi connectivity index (χ3n) is 3.47. The van der Waals surface area contributed by atoms with E-state index in [0.29, 0.717) is 12.6 Å². The van der Waals surface area contributed by atoms with Gasteiger partial charge in [-0.25, -0.2) is 0 Å². The van der Waals surface area contributed by atoms with E-state index in [4.69, 9.17) is 4.74 Å². The van der Waals surface area contributed by atoms with Crippen LogP contribution in [-0.4, -0.2) is 40.5 Å². The van der Waals surface area contributed by atoms with Crippen LogP contribution in [-0.2, 0) is 10.8 Å². The van der Waals surface area contributed by atoms with E-state index in [1.54, 1.807) is 7.11 Å². The van der Waals surface area contributed by atoms with Crippen LogP contribution in [0.1, 0.15) is 24.5 Å². The number of nitrogens with one attached hydrogen (secondary N) is 1. The average molecular weight is 283 g/mol. The first kappa shape index (κ1) is 14.5. The van der Waals surface area contributed by atoms with Crippen molar-refractivity contribution in [1.82, 2.24) is 5.32 Å². The molecule has 2 rings (SSSR count). The largest absolute Gasteiger partial charge is 0.497 e. The van der Waals surface area contributed by atoms with E-state index in [1.807, 2.05) is 24.3 Å². The number of aliphatic hydroxyl groups excluding tert-OH is 1. The van der Waals surface area contributed by atoms with Gasteiger partial charge in [0.1, 0.15) is 5.75 Å². The zero-order valence-corrected chi connectivity index (χ0v) is 12.0. The molecule has 2 N–H and O–H groups in total. The second kappa shape index (κ2) is 7.03. The van der Waals surface area contributed by atoms with E-state index < -0.39 is 16.9 Å². The van der Waals surface area contributed by atoms with Gasteiger partial charge in [0.05, 0.1) is 13.2 Å². The van der Waals surface area contributed by atoms with Crippen molar-refractivity contribution in [2.45, 2.75) is 25.0 Å². The van der Waals surface area contributed by atoms with Crippen LogP contribution in [0, 0.1) is 0 Å². The third kappa shape index (κ3) is 4.30. The van der Waals surface area contributed by atoms with Crippen molar-refractivity contribution in [3.63, 3.8) is 0 Å². The van der Waals surface area contributed by atoms with Crippen LogP contribution in [0.2, 0.25) is 0 Å². The lowest BCUT2D eigenvalue weighted by Crippen LogP contribution is -2.37. The summed E-state index contributed by atoms with van der Waals surface area (Å²) in [4.78, 5) is 0. The fourth-order valence-corrected chi connectivity index (χ4v) is 3.54. The number of rotatable bonds is 5. The maximum Gasteiger partial charge on any atom is 0.119 e. The molecule has 0 radical (unpaired) electrons. The zero-order valence-electron chi connectivity index (χ0n) is 11.2. The van der Waals surface area contributed by atoms with Gasteiger partial charge in [0.2, 0.25) is 0 Å². The third-order valence-corrected chi connectivity index (χ3v) is 4.85. The molecule has 1 heterocycles. The Kier molecular flexibility index (Phi) is 5.36. The fourth-order valence-electron chi connectivity index (χ4n) is 2.24. The van der Waals surface area contributed by atoms with Gasteiger partial charge in [-0.15, -0.1) is 0 Å². The quantitative estimate of drug-likeness (QED) is 0.853. The molecule has 0 amide bonds. The van der Waals surface area contributed by atoms with Gasteiger partial charge in [0.15, 0.2) is 0 Å². The average Bonchev–Trinajstić information content (AvgIpc) is 2.46. The summed E-state index contributed by atoms with van der Waals surface area (Å²) in [6.45, 7) is 0.518. The van der Waals surface area contributed by atoms with Gasteiger partial charge in [-0.2, -0.15) is 0 Å². The van der Waals surface area contributed by atoms with E-state index in [9.17, 15) is 9.32 Å². The molecule has 1 aromatic carbocycles. The SMILES string of the molecule is COc1cccc(C(O)CNC2CCS(=O)CC2)c1. The van der Waals surface area contributed by atoms with E-state index in [-0.39, 0.29) is 0 Å². The molecule has 0 bridgehead atoms. The molecule has 1 aliphatic rings. The van der Waals surface area contributed by atoms with Gasteiger partial charge in [-0.05, 0) is 30.5 Å². The Morgan fingerprint density at radius 3 is 2.89 bits per heavy atom. The summed E-state index contributed by atoms with van der Waals surface area (Å²) >= 11 is 0. The molecular formula is C14H21NO3S. The van der Waals surface area contributed by atoms with E-state index in [1.165, 1.54) is 0 Å². The lowest BCUT2D eigenvalue weighted by Gasteiger charge is -2.24. The summed E-state index contributed by atoms with van der Waals surface area (Å²) in [6.07, 6.45) is 1.32. The second-order valence-corrected chi connectivity index (χ2v) is 6.52. The Morgan fingerprint density at radius 1 is 1.47 bits per heavy atom. The van der Waals surface area contributed by atoms with Crippen molar-refractivity contribution in [1.29, 1.82) is 0 Å². The summed E-state index contributed by atoms with van der Waals surface area (Å²) in [5.41, 5.74) is 0.853. The van der Waals surface area contributed by atoms with Crippen LogP contribution >= 0.6 is 0 Å². The van der Waals surface area contributed by atoms with Crippen molar-refractivity contribution in [2.75, 3.05) is 25.2 Å². The van der Waals surface area contributed by atoms with Crippen molar-refractivity contribution in [3.8, 4) is 5.75 Å². The van der Waals surface area contributed by atoms with Gasteiger partial charge < -0.3 is 15.2 Å². The summed E-state index contributed by atoms with van der Waals surface area (Å²) in [5, 5.41) is 13.5. The van der Waals surface area contributed by atoms with E-state index in [2.05, 4.69) is 5.32 Å². The Balaban J connectivity index is 1.83. The first-order valence-corrected chi connectivity index (χ1v) is 8.08. The standard InChI is InChI=1S/C14H21NO3S/c1-18-13-4-2-3-11(9-13)14(16)10-15-12-5-7-19(17)8-6-12/h2-4,9,12,14-16H,5-8,10H2,1H3. The number of hydrogen-bond acceptors (Lipinski definition) is 4. The van der Waals surface area contributed by atoms with Gasteiger partial charge in [-0.3, -0.25) is 4.21 Å². The van der Waals surface area contributed by atoms with Crippen LogP contribution in [0.25, 0.3) is 0 Å². The van der Waals surface area contributed by atoms with E-state index in [0.717, 1.165) is 35.7 Å². The molecule has 1 fully saturated rings. The van der Waals surface area contributed by atoms with Gasteiger partial charge in [0, 0.05) is 34.9 Å². The molecule has 1 unspecified atom stereocenters. The first-order valence-electron chi connectivity index (χ1n) is 6.59. The summed E-state index contributed by atoms with van der Waals surface area (Å²) in [6, 6.07) is 7.85. The van der Waals surface area contributed by atoms with Crippen LogP contribution < -0.4 is 10.1 Å². The fraction of sp³-hybridized carbons (Fsp3) is 0.571. The Bertz CT molecular complexity index is 428. The van der Waals surface area contributed by atoms with Crippen LogP contribution in [0.15, 0.2) is 24.3 Å². The Hall–Kier alpha value is -0.910. The lowest BCUT2D eigenvalue weighted by molar-refractivity contribution is 0.168. The maximum absolute atomic E-state index is 11.3. The maximum atomic E-state index is 11.3. The van der Waals surface area contributed by atoms with Gasteiger partial charge >= 0.3 is 0 Å². The highest BCUT2D eigenvalue weighted by Crippen LogP contribution is 2.19. The van der Waals surface area contributed by atoms with Gasteiger partial charge in [0.25, 0.3) is 0 Å². The highest BCUT2D eigenvalue weighted by atomic mass is 32.2. The molecule has 0 aromatic heterocycles. The molecule has 4 nitrogen and oxygen atoms in total. The minimum Gasteiger partial charge on any atom is -0.497 e. The number of ether oxygens (including phenoxy) is 1. The van der Waals surface area contributed by atoms with Crippen LogP contribution in [0.3, 0.4) is 0 Å². The molecule has 0 spiro atoms. The predicted molar refractivity (Wildman–Crippen MR) is 76.9 cm³/mol. The minimum absolute atomic E-state index is 0.373.